The average molecular weight is 451 g/mol. The first-order valence-corrected chi connectivity index (χ1v) is 11.0. The number of non-ortho nitro benzene ring substituents is 1. The average Bonchev–Trinajstić information content (AvgIpc) is 3.20. The Morgan fingerprint density at radius 2 is 1.71 bits per heavy atom. The van der Waals surface area contributed by atoms with Crippen LogP contribution in [0.15, 0.2) is 69.3 Å². The zero-order valence-corrected chi connectivity index (χ0v) is 18.3. The predicted octanol–water partition coefficient (Wildman–Crippen LogP) is 5.29. The quantitative estimate of drug-likeness (QED) is 0.312. The number of hydrogen-bond donors (Lipinski definition) is 2. The monoisotopic (exact) mass is 450 g/mol. The lowest BCUT2D eigenvalue weighted by atomic mass is 10.2. The second-order valence-corrected chi connectivity index (χ2v) is 9.10. The molecule has 0 spiro atoms. The molecule has 2 N–H and O–H groups in total. The van der Waals surface area contributed by atoms with Gasteiger partial charge in [0, 0.05) is 39.0 Å². The van der Waals surface area contributed by atoms with Crippen LogP contribution in [0.25, 0.3) is 11.8 Å². The molecule has 7 nitrogen and oxygen atoms in total. The zero-order chi connectivity index (χ0) is 22.1. The van der Waals surface area contributed by atoms with Crippen molar-refractivity contribution in [2.75, 3.05) is 0 Å². The molecule has 0 unspecified atom stereocenters. The van der Waals surface area contributed by atoms with E-state index < -0.39 is 4.92 Å². The number of nitrogens with one attached hydrogen (secondary N) is 2. The first-order valence-electron chi connectivity index (χ1n) is 9.33. The van der Waals surface area contributed by atoms with E-state index >= 15 is 0 Å². The Bertz CT molecular complexity index is 1230. The molecule has 1 aliphatic heterocycles. The minimum absolute atomic E-state index is 0.0781. The Kier molecular flexibility index (Phi) is 5.71. The molecule has 1 amide bonds. The third kappa shape index (κ3) is 4.42. The highest BCUT2D eigenvalue weighted by Crippen LogP contribution is 2.32. The highest BCUT2D eigenvalue weighted by atomic mass is 32.2. The molecule has 0 aliphatic carbocycles. The molecule has 2 aromatic carbocycles. The molecule has 3 aromatic rings. The van der Waals surface area contributed by atoms with Crippen LogP contribution in [0.1, 0.15) is 17.0 Å². The number of amidine groups is 1. The fourth-order valence-electron chi connectivity index (χ4n) is 3.35. The number of aromatic nitrogens is 1. The maximum Gasteiger partial charge on any atom is 0.269 e. The smallest absolute Gasteiger partial charge is 0.269 e. The van der Waals surface area contributed by atoms with Gasteiger partial charge in [-0.1, -0.05) is 11.8 Å². The minimum atomic E-state index is -0.406. The molecule has 0 saturated carbocycles. The number of carbonyl (C=O) groups excluding carboxylic acids is 1. The number of nitrogens with zero attached hydrogens (tertiary/aromatic N) is 2. The van der Waals surface area contributed by atoms with Gasteiger partial charge in [-0.2, -0.15) is 0 Å². The number of aryl methyl sites for hydroxylation is 1. The molecule has 0 bridgehead atoms. The van der Waals surface area contributed by atoms with Crippen LogP contribution in [0, 0.1) is 29.4 Å². The van der Waals surface area contributed by atoms with E-state index in [1.54, 1.807) is 12.1 Å². The molecule has 1 aliphatic rings. The summed E-state index contributed by atoms with van der Waals surface area (Å²) in [4.78, 5) is 24.8. The van der Waals surface area contributed by atoms with Gasteiger partial charge < -0.3 is 9.88 Å². The van der Waals surface area contributed by atoms with Crippen molar-refractivity contribution in [3.63, 3.8) is 0 Å². The van der Waals surface area contributed by atoms with Crippen molar-refractivity contribution in [3.05, 3.63) is 86.6 Å². The number of thioether (sulfide) groups is 1. The minimum Gasteiger partial charge on any atom is -0.318 e. The summed E-state index contributed by atoms with van der Waals surface area (Å²) in [6, 6.07) is 16.6. The number of rotatable bonds is 5. The Hall–Kier alpha value is -3.30. The summed E-state index contributed by atoms with van der Waals surface area (Å²) in [5, 5.41) is 21.0. The number of nitro groups is 1. The van der Waals surface area contributed by atoms with E-state index in [0.717, 1.165) is 44.2 Å². The van der Waals surface area contributed by atoms with Gasteiger partial charge in [0.2, 0.25) is 0 Å². The fraction of sp³-hybridized carbons (Fsp3) is 0.0909. The van der Waals surface area contributed by atoms with Gasteiger partial charge in [0.25, 0.3) is 11.6 Å². The van der Waals surface area contributed by atoms with Gasteiger partial charge in [-0.15, -0.1) is 0 Å². The molecule has 1 fully saturated rings. The van der Waals surface area contributed by atoms with Crippen molar-refractivity contribution in [2.24, 2.45) is 0 Å². The van der Waals surface area contributed by atoms with Crippen molar-refractivity contribution >= 4 is 46.4 Å². The normalized spacial score (nSPS) is 14.8. The second-order valence-electron chi connectivity index (χ2n) is 6.90. The number of amides is 1. The Morgan fingerprint density at radius 3 is 2.26 bits per heavy atom. The van der Waals surface area contributed by atoms with Crippen LogP contribution in [-0.2, 0) is 4.79 Å². The Balaban J connectivity index is 1.56. The van der Waals surface area contributed by atoms with Gasteiger partial charge in [-0.05, 0) is 79.7 Å². The van der Waals surface area contributed by atoms with Gasteiger partial charge in [0.1, 0.15) is 0 Å². The van der Waals surface area contributed by atoms with Crippen LogP contribution in [-0.4, -0.2) is 20.6 Å². The number of hydrogen-bond acceptors (Lipinski definition) is 6. The molecule has 156 valence electrons. The standard InChI is InChI=1S/C22H18N4O3S2/c1-13-11-15(12-20-21(27)24-22(23)31-20)14(2)25(13)16-3-7-18(8-4-16)30-19-9-5-17(6-10-19)26(28)29/h3-12H,1-2H3,(H2,23,24,27). The molecule has 9 heteroatoms. The maximum atomic E-state index is 11.9. The molecular formula is C22H18N4O3S2. The van der Waals surface area contributed by atoms with Crippen LogP contribution >= 0.6 is 23.5 Å². The van der Waals surface area contributed by atoms with Crippen molar-refractivity contribution in [1.29, 1.82) is 5.41 Å². The summed E-state index contributed by atoms with van der Waals surface area (Å²) < 4.78 is 2.12. The van der Waals surface area contributed by atoms with Crippen LogP contribution < -0.4 is 5.32 Å². The second kappa shape index (κ2) is 8.44. The van der Waals surface area contributed by atoms with Gasteiger partial charge in [0.15, 0.2) is 5.17 Å². The highest BCUT2D eigenvalue weighted by molar-refractivity contribution is 8.18. The van der Waals surface area contributed by atoms with E-state index in [9.17, 15) is 14.9 Å². The van der Waals surface area contributed by atoms with E-state index in [1.165, 1.54) is 23.9 Å². The van der Waals surface area contributed by atoms with E-state index in [1.807, 2.05) is 50.3 Å². The van der Waals surface area contributed by atoms with Crippen molar-refractivity contribution < 1.29 is 9.72 Å². The summed E-state index contributed by atoms with van der Waals surface area (Å²) in [6.07, 6.45) is 1.82. The summed E-state index contributed by atoms with van der Waals surface area (Å²) >= 11 is 2.67. The third-order valence-corrected chi connectivity index (χ3v) is 6.64. The van der Waals surface area contributed by atoms with Crippen LogP contribution in [0.3, 0.4) is 0 Å². The molecule has 0 atom stereocenters. The van der Waals surface area contributed by atoms with Crippen molar-refractivity contribution in [1.82, 2.24) is 9.88 Å². The Labute approximate surface area is 187 Å². The van der Waals surface area contributed by atoms with Crippen molar-refractivity contribution in [2.45, 2.75) is 23.6 Å². The van der Waals surface area contributed by atoms with E-state index in [2.05, 4.69) is 9.88 Å². The Morgan fingerprint density at radius 1 is 1.10 bits per heavy atom. The molecule has 0 radical (unpaired) electrons. The third-order valence-electron chi connectivity index (χ3n) is 4.80. The highest BCUT2D eigenvalue weighted by Gasteiger charge is 2.23. The van der Waals surface area contributed by atoms with Gasteiger partial charge >= 0.3 is 0 Å². The van der Waals surface area contributed by atoms with Crippen molar-refractivity contribution in [3.8, 4) is 5.69 Å². The first-order chi connectivity index (χ1) is 14.8. The van der Waals surface area contributed by atoms with Gasteiger partial charge in [-0.25, -0.2) is 0 Å². The largest absolute Gasteiger partial charge is 0.318 e. The first kappa shape index (κ1) is 21.0. The lowest BCUT2D eigenvalue weighted by molar-refractivity contribution is -0.384. The molecule has 1 saturated heterocycles. The molecule has 1 aromatic heterocycles. The predicted molar refractivity (Wildman–Crippen MR) is 124 cm³/mol. The summed E-state index contributed by atoms with van der Waals surface area (Å²) in [7, 11) is 0. The molecule has 31 heavy (non-hydrogen) atoms. The van der Waals surface area contributed by atoms with Crippen LogP contribution in [0.5, 0.6) is 0 Å². The van der Waals surface area contributed by atoms with E-state index in [4.69, 9.17) is 5.41 Å². The number of nitro benzene ring substituents is 1. The van der Waals surface area contributed by atoms with Gasteiger partial charge in [0.05, 0.1) is 9.83 Å². The summed E-state index contributed by atoms with van der Waals surface area (Å²) in [5.41, 5.74) is 4.07. The molecule has 2 heterocycles. The summed E-state index contributed by atoms with van der Waals surface area (Å²) in [6.45, 7) is 4.01. The zero-order valence-electron chi connectivity index (χ0n) is 16.7. The lowest BCUT2D eigenvalue weighted by Gasteiger charge is -2.11. The topological polar surface area (TPSA) is 101 Å². The lowest BCUT2D eigenvalue weighted by Crippen LogP contribution is -2.18. The SMILES string of the molecule is Cc1cc(C=C2SC(=N)NC2=O)c(C)n1-c1ccc(Sc2ccc([N+](=O)[O-])cc2)cc1. The number of benzene rings is 2. The number of carbonyl (C=O) groups is 1. The van der Waals surface area contributed by atoms with E-state index in [-0.39, 0.29) is 16.8 Å². The molecule has 4 rings (SSSR count). The summed E-state index contributed by atoms with van der Waals surface area (Å²) in [5.74, 6) is -0.243. The van der Waals surface area contributed by atoms with Crippen LogP contribution in [0.2, 0.25) is 0 Å². The van der Waals surface area contributed by atoms with Gasteiger partial charge in [-0.3, -0.25) is 20.3 Å². The maximum absolute atomic E-state index is 11.9. The fourth-order valence-corrected chi connectivity index (χ4v) is 4.86. The van der Waals surface area contributed by atoms with Crippen LogP contribution in [0.4, 0.5) is 5.69 Å². The van der Waals surface area contributed by atoms with E-state index in [0.29, 0.717) is 4.91 Å². The molecular weight excluding hydrogens is 432 g/mol.